The van der Waals surface area contributed by atoms with Crippen LogP contribution in [0, 0.1) is 9.39 Å². The Balaban J connectivity index is 3.08. The minimum absolute atomic E-state index is 0.0250. The number of hydrogen-bond acceptors (Lipinski definition) is 1. The first-order valence-corrected chi connectivity index (χ1v) is 5.08. The van der Waals surface area contributed by atoms with E-state index in [0.29, 0.717) is 5.02 Å². The number of nitrogens with one attached hydrogen (secondary N) is 1. The molecule has 0 unspecified atom stereocenters. The number of nitrogens with two attached hydrogens (primary N) is 1. The third kappa shape index (κ3) is 2.92. The zero-order valence-corrected chi connectivity index (χ0v) is 10.0. The Morgan fingerprint density at radius 1 is 1.62 bits per heavy atom. The number of benzene rings is 1. The highest BCUT2D eigenvalue weighted by Gasteiger charge is 2.06. The highest BCUT2D eigenvalue weighted by Crippen LogP contribution is 2.25. The number of halogens is 3. The van der Waals surface area contributed by atoms with E-state index in [2.05, 4.69) is 17.5 Å². The molecular weight excluding hydrogens is 326 g/mol. The largest absolute Gasteiger partial charge is 0.376 e. The van der Waals surface area contributed by atoms with Gasteiger partial charge in [0.15, 0.2) is 5.11 Å². The predicted molar refractivity (Wildman–Crippen MR) is 64.5 cm³/mol. The maximum absolute atomic E-state index is 13.1. The molecule has 2 nitrogen and oxygen atoms in total. The van der Waals surface area contributed by atoms with Crippen LogP contribution in [0.2, 0.25) is 5.02 Å². The van der Waals surface area contributed by atoms with E-state index >= 15 is 0 Å². The highest BCUT2D eigenvalue weighted by molar-refractivity contribution is 14.1. The summed E-state index contributed by atoms with van der Waals surface area (Å²) in [7, 11) is 0. The van der Waals surface area contributed by atoms with Gasteiger partial charge in [0, 0.05) is 3.57 Å². The number of rotatable bonds is 1. The molecule has 0 heterocycles. The van der Waals surface area contributed by atoms with E-state index in [4.69, 9.17) is 17.3 Å². The molecule has 0 radical (unpaired) electrons. The van der Waals surface area contributed by atoms with Crippen LogP contribution >= 0.6 is 46.4 Å². The third-order valence-corrected chi connectivity index (χ3v) is 2.89. The van der Waals surface area contributed by atoms with Crippen molar-refractivity contribution < 1.29 is 4.39 Å². The van der Waals surface area contributed by atoms with E-state index in [-0.39, 0.29) is 10.8 Å². The smallest absolute Gasteiger partial charge is 0.168 e. The van der Waals surface area contributed by atoms with Crippen LogP contribution in [-0.4, -0.2) is 5.11 Å². The molecule has 0 aromatic heterocycles. The standard InChI is InChI=1S/C7H5ClFIN2S/c8-3-1-4(9)6(2-5(3)10)12-7(11)13/h1-2H,(H3,11,12,13). The van der Waals surface area contributed by atoms with Gasteiger partial charge in [0.05, 0.1) is 10.7 Å². The van der Waals surface area contributed by atoms with Gasteiger partial charge in [-0.05, 0) is 46.9 Å². The van der Waals surface area contributed by atoms with Gasteiger partial charge in [0.2, 0.25) is 0 Å². The highest BCUT2D eigenvalue weighted by atomic mass is 127. The first kappa shape index (κ1) is 10.9. The first-order chi connectivity index (χ1) is 6.00. The van der Waals surface area contributed by atoms with Gasteiger partial charge in [0.25, 0.3) is 0 Å². The summed E-state index contributed by atoms with van der Waals surface area (Å²) < 4.78 is 13.9. The lowest BCUT2D eigenvalue weighted by Gasteiger charge is -2.06. The lowest BCUT2D eigenvalue weighted by atomic mass is 10.3. The minimum atomic E-state index is -0.474. The van der Waals surface area contributed by atoms with Crippen molar-refractivity contribution in [3.05, 3.63) is 26.5 Å². The topological polar surface area (TPSA) is 38.0 Å². The fraction of sp³-hybridized carbons (Fsp3) is 0. The van der Waals surface area contributed by atoms with Crippen LogP contribution in [0.15, 0.2) is 12.1 Å². The molecule has 0 saturated carbocycles. The van der Waals surface area contributed by atoms with Crippen LogP contribution in [-0.2, 0) is 0 Å². The maximum atomic E-state index is 13.1. The quantitative estimate of drug-likeness (QED) is 0.472. The molecule has 1 aromatic rings. The maximum Gasteiger partial charge on any atom is 0.168 e. The summed E-state index contributed by atoms with van der Waals surface area (Å²) in [6.45, 7) is 0. The fourth-order valence-electron chi connectivity index (χ4n) is 0.751. The second-order valence-corrected chi connectivity index (χ2v) is 4.24. The zero-order valence-electron chi connectivity index (χ0n) is 6.27. The first-order valence-electron chi connectivity index (χ1n) is 3.21. The molecule has 1 rings (SSSR count). The zero-order chi connectivity index (χ0) is 10.0. The van der Waals surface area contributed by atoms with E-state index in [1.54, 1.807) is 0 Å². The minimum Gasteiger partial charge on any atom is -0.376 e. The van der Waals surface area contributed by atoms with E-state index < -0.39 is 5.82 Å². The molecule has 0 spiro atoms. The van der Waals surface area contributed by atoms with Crippen LogP contribution in [0.5, 0.6) is 0 Å². The van der Waals surface area contributed by atoms with Crippen LogP contribution in [0.1, 0.15) is 0 Å². The average molecular weight is 331 g/mol. The van der Waals surface area contributed by atoms with Gasteiger partial charge < -0.3 is 11.1 Å². The molecule has 0 fully saturated rings. The molecule has 0 aliphatic carbocycles. The molecule has 0 saturated heterocycles. The SMILES string of the molecule is NC(=S)Nc1cc(I)c(Cl)cc1F. The van der Waals surface area contributed by atoms with Crippen molar-refractivity contribution in [3.8, 4) is 0 Å². The molecule has 70 valence electrons. The Morgan fingerprint density at radius 3 is 2.77 bits per heavy atom. The number of anilines is 1. The molecular formula is C7H5ClFIN2S. The van der Waals surface area contributed by atoms with Crippen molar-refractivity contribution in [2.45, 2.75) is 0 Å². The second kappa shape index (κ2) is 4.39. The number of thiocarbonyl (C=S) groups is 1. The van der Waals surface area contributed by atoms with E-state index in [9.17, 15) is 4.39 Å². The van der Waals surface area contributed by atoms with Crippen LogP contribution in [0.3, 0.4) is 0 Å². The average Bonchev–Trinajstić information content (AvgIpc) is 1.99. The van der Waals surface area contributed by atoms with Crippen molar-refractivity contribution in [1.29, 1.82) is 0 Å². The van der Waals surface area contributed by atoms with Gasteiger partial charge in [-0.3, -0.25) is 0 Å². The van der Waals surface area contributed by atoms with Gasteiger partial charge in [-0.15, -0.1) is 0 Å². The van der Waals surface area contributed by atoms with Crippen LogP contribution in [0.25, 0.3) is 0 Å². The Hall–Kier alpha value is -0.140. The Morgan fingerprint density at radius 2 is 2.23 bits per heavy atom. The summed E-state index contributed by atoms with van der Waals surface area (Å²) in [4.78, 5) is 0. The summed E-state index contributed by atoms with van der Waals surface area (Å²) in [6, 6.07) is 2.75. The van der Waals surface area contributed by atoms with Crippen LogP contribution in [0.4, 0.5) is 10.1 Å². The molecule has 6 heteroatoms. The monoisotopic (exact) mass is 330 g/mol. The summed E-state index contributed by atoms with van der Waals surface area (Å²) in [5, 5.41) is 2.90. The van der Waals surface area contributed by atoms with E-state index in [1.807, 2.05) is 22.6 Å². The van der Waals surface area contributed by atoms with Gasteiger partial charge in [-0.2, -0.15) is 0 Å². The van der Waals surface area contributed by atoms with Crippen molar-refractivity contribution in [1.82, 2.24) is 0 Å². The van der Waals surface area contributed by atoms with E-state index in [1.165, 1.54) is 12.1 Å². The number of hydrogen-bond donors (Lipinski definition) is 2. The molecule has 3 N–H and O–H groups in total. The third-order valence-electron chi connectivity index (χ3n) is 1.27. The lowest BCUT2D eigenvalue weighted by molar-refractivity contribution is 0.632. The Bertz CT molecular complexity index is 359. The fourth-order valence-corrected chi connectivity index (χ4v) is 1.48. The molecule has 0 amide bonds. The summed E-state index contributed by atoms with van der Waals surface area (Å²) in [6.07, 6.45) is 0. The van der Waals surface area contributed by atoms with Crippen molar-refractivity contribution in [2.75, 3.05) is 5.32 Å². The second-order valence-electron chi connectivity index (χ2n) is 2.24. The van der Waals surface area contributed by atoms with Crippen molar-refractivity contribution >= 4 is 57.2 Å². The Labute approximate surface area is 98.8 Å². The summed E-state index contributed by atoms with van der Waals surface area (Å²) in [5.41, 5.74) is 5.44. The predicted octanol–water partition coefficient (Wildman–Crippen LogP) is 2.74. The normalized spacial score (nSPS) is 9.77. The molecule has 0 bridgehead atoms. The Kier molecular flexibility index (Phi) is 3.69. The van der Waals surface area contributed by atoms with Crippen LogP contribution < -0.4 is 11.1 Å². The molecule has 0 aliphatic heterocycles. The van der Waals surface area contributed by atoms with Gasteiger partial charge >= 0.3 is 0 Å². The summed E-state index contributed by atoms with van der Waals surface area (Å²) >= 11 is 12.3. The molecule has 0 atom stereocenters. The van der Waals surface area contributed by atoms with E-state index in [0.717, 1.165) is 3.57 Å². The van der Waals surface area contributed by atoms with Gasteiger partial charge in [-0.1, -0.05) is 11.6 Å². The lowest BCUT2D eigenvalue weighted by Crippen LogP contribution is -2.19. The molecule has 13 heavy (non-hydrogen) atoms. The molecule has 1 aromatic carbocycles. The van der Waals surface area contributed by atoms with Crippen molar-refractivity contribution in [2.24, 2.45) is 5.73 Å². The molecule has 0 aliphatic rings. The van der Waals surface area contributed by atoms with Gasteiger partial charge in [0.1, 0.15) is 5.82 Å². The van der Waals surface area contributed by atoms with Gasteiger partial charge in [-0.25, -0.2) is 4.39 Å². The van der Waals surface area contributed by atoms with Crippen molar-refractivity contribution in [3.63, 3.8) is 0 Å². The summed E-state index contributed by atoms with van der Waals surface area (Å²) in [5.74, 6) is -0.474.